The Labute approximate surface area is 216 Å². The second-order valence-electron chi connectivity index (χ2n) is 10.4. The summed E-state index contributed by atoms with van der Waals surface area (Å²) in [7, 11) is 1.23. The van der Waals surface area contributed by atoms with Crippen molar-refractivity contribution in [2.45, 2.75) is 76.1 Å². The third-order valence-electron chi connectivity index (χ3n) is 6.55. The van der Waals surface area contributed by atoms with E-state index >= 15 is 0 Å². The van der Waals surface area contributed by atoms with E-state index in [1.807, 2.05) is 30.3 Å². The maximum atomic E-state index is 13.4. The molecule has 0 bridgehead atoms. The highest BCUT2D eigenvalue weighted by Crippen LogP contribution is 2.38. The molecule has 3 N–H and O–H groups in total. The van der Waals surface area contributed by atoms with Crippen molar-refractivity contribution in [3.8, 4) is 0 Å². The average Bonchev–Trinajstić information content (AvgIpc) is 3.29. The molecule has 2 saturated heterocycles. The first kappa shape index (κ1) is 27.9. The van der Waals surface area contributed by atoms with Crippen molar-refractivity contribution in [3.63, 3.8) is 0 Å². The van der Waals surface area contributed by atoms with Gasteiger partial charge < -0.3 is 30.3 Å². The molecule has 1 aromatic rings. The van der Waals surface area contributed by atoms with Crippen LogP contribution in [0, 0.1) is 0 Å². The zero-order chi connectivity index (χ0) is 27.2. The number of carbonyl (C=O) groups is 5. The van der Waals surface area contributed by atoms with E-state index in [1.165, 1.54) is 12.0 Å². The minimum Gasteiger partial charge on any atom is -0.468 e. The maximum absolute atomic E-state index is 13.4. The number of ether oxygens (including phenoxy) is 2. The summed E-state index contributed by atoms with van der Waals surface area (Å²) in [5.74, 6) is -1.86. The van der Waals surface area contributed by atoms with E-state index in [0.717, 1.165) is 5.56 Å². The maximum Gasteiger partial charge on any atom is 0.408 e. The standard InChI is InChI=1S/C26H36N4O7/c1-25(2,3)37-24(35)29-19(15-17-9-6-5-7-10-17)21(32)28-18-11-13-26(12-8-14-30(26)22(18)33)23(34)27-16-20(31)36-4/h5-7,9-10,18-19H,8,11-16H2,1-4H3,(H,27,34)(H,28,32)(H,29,35)/t18-,19-,26-/m1/s1. The number of methoxy groups -OCH3 is 1. The van der Waals surface area contributed by atoms with Gasteiger partial charge in [-0.1, -0.05) is 30.3 Å². The van der Waals surface area contributed by atoms with Crippen LogP contribution in [-0.2, 0) is 35.1 Å². The first-order valence-corrected chi connectivity index (χ1v) is 12.5. The van der Waals surface area contributed by atoms with Crippen molar-refractivity contribution < 1.29 is 33.4 Å². The molecule has 37 heavy (non-hydrogen) atoms. The zero-order valence-electron chi connectivity index (χ0n) is 21.8. The fourth-order valence-corrected chi connectivity index (χ4v) is 4.81. The Hall–Kier alpha value is -3.63. The zero-order valence-corrected chi connectivity index (χ0v) is 21.8. The molecule has 0 spiro atoms. The lowest BCUT2D eigenvalue weighted by Crippen LogP contribution is -2.66. The Bertz CT molecular complexity index is 1020. The summed E-state index contributed by atoms with van der Waals surface area (Å²) >= 11 is 0. The lowest BCUT2D eigenvalue weighted by molar-refractivity contribution is -0.153. The number of alkyl carbamates (subject to hydrolysis) is 1. The van der Waals surface area contributed by atoms with Crippen molar-refractivity contribution in [3.05, 3.63) is 35.9 Å². The highest BCUT2D eigenvalue weighted by Gasteiger charge is 2.54. The predicted molar refractivity (Wildman–Crippen MR) is 133 cm³/mol. The quantitative estimate of drug-likeness (QED) is 0.438. The highest BCUT2D eigenvalue weighted by atomic mass is 16.6. The summed E-state index contributed by atoms with van der Waals surface area (Å²) in [6.07, 6.45) is 1.16. The number of hydrogen-bond acceptors (Lipinski definition) is 7. The molecule has 2 fully saturated rings. The van der Waals surface area contributed by atoms with Gasteiger partial charge in [0.25, 0.3) is 0 Å². The molecule has 0 radical (unpaired) electrons. The monoisotopic (exact) mass is 516 g/mol. The minimum atomic E-state index is -1.05. The molecular weight excluding hydrogens is 480 g/mol. The number of rotatable bonds is 8. The lowest BCUT2D eigenvalue weighted by Gasteiger charge is -2.43. The van der Waals surface area contributed by atoms with Crippen molar-refractivity contribution in [2.24, 2.45) is 0 Å². The molecule has 0 aromatic heterocycles. The summed E-state index contributed by atoms with van der Waals surface area (Å²) in [5.41, 5.74) is -0.968. The normalized spacial score (nSPS) is 21.9. The van der Waals surface area contributed by atoms with Crippen LogP contribution in [0.5, 0.6) is 0 Å². The van der Waals surface area contributed by atoms with Crippen molar-refractivity contribution in [1.82, 2.24) is 20.9 Å². The molecule has 2 heterocycles. The van der Waals surface area contributed by atoms with Gasteiger partial charge in [-0.15, -0.1) is 0 Å². The van der Waals surface area contributed by atoms with E-state index in [4.69, 9.17) is 4.74 Å². The minimum absolute atomic E-state index is 0.205. The van der Waals surface area contributed by atoms with Gasteiger partial charge in [0.1, 0.15) is 29.8 Å². The molecule has 11 nitrogen and oxygen atoms in total. The number of hydrogen-bond donors (Lipinski definition) is 3. The van der Waals surface area contributed by atoms with Gasteiger partial charge in [0.05, 0.1) is 7.11 Å². The van der Waals surface area contributed by atoms with Crippen LogP contribution in [0.25, 0.3) is 0 Å². The highest BCUT2D eigenvalue weighted by molar-refractivity contribution is 5.98. The first-order valence-electron chi connectivity index (χ1n) is 12.5. The number of nitrogens with zero attached hydrogens (tertiary/aromatic N) is 1. The lowest BCUT2D eigenvalue weighted by atomic mass is 9.83. The van der Waals surface area contributed by atoms with Crippen molar-refractivity contribution in [2.75, 3.05) is 20.2 Å². The van der Waals surface area contributed by atoms with Gasteiger partial charge in [-0.3, -0.25) is 19.2 Å². The molecule has 1 aromatic carbocycles. The van der Waals surface area contributed by atoms with Crippen molar-refractivity contribution in [1.29, 1.82) is 0 Å². The molecular formula is C26H36N4O7. The van der Waals surface area contributed by atoms with Crippen molar-refractivity contribution >= 4 is 29.8 Å². The van der Waals surface area contributed by atoms with E-state index in [-0.39, 0.29) is 25.3 Å². The molecule has 2 aliphatic rings. The second-order valence-corrected chi connectivity index (χ2v) is 10.4. The van der Waals surface area contributed by atoms with E-state index in [2.05, 4.69) is 20.7 Å². The van der Waals surface area contributed by atoms with Gasteiger partial charge in [0.15, 0.2) is 0 Å². The largest absolute Gasteiger partial charge is 0.468 e. The first-order chi connectivity index (χ1) is 17.4. The van der Waals surface area contributed by atoms with Crippen LogP contribution >= 0.6 is 0 Å². The Morgan fingerprint density at radius 3 is 2.49 bits per heavy atom. The molecule has 3 rings (SSSR count). The number of amides is 4. The Morgan fingerprint density at radius 1 is 1.14 bits per heavy atom. The van der Waals surface area contributed by atoms with E-state index < -0.39 is 47.1 Å². The number of esters is 1. The number of fused-ring (bicyclic) bond motifs is 1. The fourth-order valence-electron chi connectivity index (χ4n) is 4.81. The van der Waals surface area contributed by atoms with Gasteiger partial charge >= 0.3 is 12.1 Å². The van der Waals surface area contributed by atoms with Crippen LogP contribution in [0.15, 0.2) is 30.3 Å². The smallest absolute Gasteiger partial charge is 0.408 e. The van der Waals surface area contributed by atoms with Gasteiger partial charge in [0.2, 0.25) is 17.7 Å². The molecule has 0 aliphatic carbocycles. The summed E-state index contributed by atoms with van der Waals surface area (Å²) in [5, 5.41) is 7.98. The number of carbonyl (C=O) groups excluding carboxylic acids is 5. The average molecular weight is 517 g/mol. The number of piperidine rings is 1. The summed E-state index contributed by atoms with van der Waals surface area (Å²) in [6, 6.07) is 7.39. The van der Waals surface area contributed by atoms with Crippen LogP contribution < -0.4 is 16.0 Å². The Balaban J connectivity index is 1.70. The van der Waals surface area contributed by atoms with Gasteiger partial charge in [-0.05, 0) is 52.0 Å². The van der Waals surface area contributed by atoms with E-state index in [9.17, 15) is 24.0 Å². The van der Waals surface area contributed by atoms with E-state index in [1.54, 1.807) is 20.8 Å². The number of benzene rings is 1. The molecule has 202 valence electrons. The van der Waals surface area contributed by atoms with Gasteiger partial charge in [-0.25, -0.2) is 4.79 Å². The van der Waals surface area contributed by atoms with Gasteiger partial charge in [-0.2, -0.15) is 0 Å². The summed E-state index contributed by atoms with van der Waals surface area (Å²) < 4.78 is 9.91. The predicted octanol–water partition coefficient (Wildman–Crippen LogP) is 1.05. The fraction of sp³-hybridized carbons (Fsp3) is 0.577. The number of nitrogens with one attached hydrogen (secondary N) is 3. The second kappa shape index (κ2) is 11.6. The third-order valence-corrected chi connectivity index (χ3v) is 6.55. The molecule has 11 heteroatoms. The molecule has 4 amide bonds. The summed E-state index contributed by atoms with van der Waals surface area (Å²) in [6.45, 7) is 5.27. The van der Waals surface area contributed by atoms with Crippen LogP contribution in [0.2, 0.25) is 0 Å². The molecule has 0 unspecified atom stereocenters. The Kier molecular flexibility index (Phi) is 8.77. The van der Waals surface area contributed by atoms with Gasteiger partial charge in [0, 0.05) is 13.0 Å². The van der Waals surface area contributed by atoms with Crippen LogP contribution in [0.3, 0.4) is 0 Å². The molecule has 3 atom stereocenters. The SMILES string of the molecule is COC(=O)CNC(=O)[C@]12CCCN1C(=O)[C@H](NC(=O)[C@@H](Cc1ccccc1)NC(=O)OC(C)(C)C)CC2. The van der Waals surface area contributed by atoms with Crippen LogP contribution in [0.1, 0.15) is 52.0 Å². The summed E-state index contributed by atoms with van der Waals surface area (Å²) in [4.78, 5) is 65.1. The third kappa shape index (κ3) is 6.99. The van der Waals surface area contributed by atoms with Crippen LogP contribution in [-0.4, -0.2) is 78.1 Å². The molecule has 0 saturated carbocycles. The Morgan fingerprint density at radius 2 is 1.84 bits per heavy atom. The van der Waals surface area contributed by atoms with Crippen LogP contribution in [0.4, 0.5) is 4.79 Å². The topological polar surface area (TPSA) is 143 Å². The van der Waals surface area contributed by atoms with E-state index in [0.29, 0.717) is 25.8 Å². The molecule has 2 aliphatic heterocycles.